The Morgan fingerprint density at radius 3 is 2.49 bits per heavy atom. The topological polar surface area (TPSA) is 168 Å². The molecule has 0 spiro atoms. The van der Waals surface area contributed by atoms with Crippen LogP contribution >= 0.6 is 15.9 Å². The number of allylic oxidation sites excluding steroid dienone is 1. The molecule has 1 aliphatic carbocycles. The van der Waals surface area contributed by atoms with Crippen molar-refractivity contribution in [1.82, 2.24) is 15.5 Å². The number of carbonyl (C=O) groups excluding carboxylic acids is 3. The standard InChI is InChI=1S/C29H38BrN3O9S/c1-28(2,3)41-27(38)31-22-10-8-6-4-5-7-9-18-16-29(18,26(36)37)32-24(34)23-15-20(17-33(23)25(22)35)42-43(39,40)21-13-11-19(30)12-14-21/h7,9,11-14,18,20,22-23H,4-6,8,10,15-17H2,1-3H3,(H,31,38)(H,32,34)(H,36,37). The lowest BCUT2D eigenvalue weighted by Gasteiger charge is -2.30. The first-order valence-corrected chi connectivity index (χ1v) is 16.5. The Balaban J connectivity index is 1.63. The number of carboxylic acid groups (broad SMARTS) is 1. The number of hydrogen-bond donors (Lipinski definition) is 3. The molecular weight excluding hydrogens is 646 g/mol. The molecule has 43 heavy (non-hydrogen) atoms. The number of nitrogens with zero attached hydrogens (tertiary/aromatic N) is 1. The Kier molecular flexibility index (Phi) is 9.92. The third-order valence-electron chi connectivity index (χ3n) is 7.68. The van der Waals surface area contributed by atoms with Crippen LogP contribution in [0.25, 0.3) is 0 Å². The first-order chi connectivity index (χ1) is 20.1. The molecule has 2 heterocycles. The van der Waals surface area contributed by atoms with Crippen LogP contribution in [0.1, 0.15) is 65.7 Å². The lowest BCUT2D eigenvalue weighted by atomic mass is 10.0. The summed E-state index contributed by atoms with van der Waals surface area (Å²) in [5.74, 6) is -2.94. The van der Waals surface area contributed by atoms with E-state index in [-0.39, 0.29) is 30.7 Å². The SMILES string of the molecule is CC(C)(C)OC(=O)NC1CCCCCC=CC2CC2(C(=O)O)NC(=O)C2CC(OS(=O)(=O)c3ccc(Br)cc3)CN2C1=O. The molecule has 1 aromatic rings. The van der Waals surface area contributed by atoms with Crippen LogP contribution in [0, 0.1) is 5.92 Å². The fourth-order valence-electron chi connectivity index (χ4n) is 5.42. The minimum atomic E-state index is -4.26. The molecule has 1 saturated carbocycles. The maximum atomic E-state index is 14.0. The second-order valence-electron chi connectivity index (χ2n) is 12.2. The highest BCUT2D eigenvalue weighted by molar-refractivity contribution is 9.10. The molecule has 2 aliphatic heterocycles. The zero-order valence-electron chi connectivity index (χ0n) is 24.4. The van der Waals surface area contributed by atoms with Crippen LogP contribution in [0.15, 0.2) is 45.8 Å². The van der Waals surface area contributed by atoms with Gasteiger partial charge < -0.3 is 25.4 Å². The van der Waals surface area contributed by atoms with E-state index in [1.54, 1.807) is 39.0 Å². The van der Waals surface area contributed by atoms with Gasteiger partial charge in [-0.1, -0.05) is 40.9 Å². The Hall–Kier alpha value is -2.97. The van der Waals surface area contributed by atoms with Crippen molar-refractivity contribution in [2.75, 3.05) is 6.54 Å². The van der Waals surface area contributed by atoms with E-state index in [2.05, 4.69) is 26.6 Å². The number of ether oxygens (including phenoxy) is 1. The second kappa shape index (κ2) is 12.9. The minimum Gasteiger partial charge on any atom is -0.479 e. The Bertz CT molecular complexity index is 1380. The van der Waals surface area contributed by atoms with E-state index in [1.165, 1.54) is 17.0 Å². The normalized spacial score (nSPS) is 28.5. The zero-order valence-corrected chi connectivity index (χ0v) is 26.8. The third kappa shape index (κ3) is 8.15. The van der Waals surface area contributed by atoms with Gasteiger partial charge in [-0.25, -0.2) is 9.59 Å². The van der Waals surface area contributed by atoms with Crippen molar-refractivity contribution in [1.29, 1.82) is 0 Å². The quantitative estimate of drug-likeness (QED) is 0.311. The molecule has 3 aliphatic rings. The highest BCUT2D eigenvalue weighted by atomic mass is 79.9. The van der Waals surface area contributed by atoms with Crippen LogP contribution in [-0.4, -0.2) is 78.2 Å². The van der Waals surface area contributed by atoms with Crippen LogP contribution < -0.4 is 10.6 Å². The fourth-order valence-corrected chi connectivity index (χ4v) is 6.76. The highest BCUT2D eigenvalue weighted by Gasteiger charge is 2.61. The van der Waals surface area contributed by atoms with Gasteiger partial charge in [0.2, 0.25) is 11.8 Å². The van der Waals surface area contributed by atoms with Gasteiger partial charge in [-0.05, 0) is 70.7 Å². The Labute approximate surface area is 259 Å². The molecule has 0 bridgehead atoms. The lowest BCUT2D eigenvalue weighted by molar-refractivity contribution is -0.145. The van der Waals surface area contributed by atoms with Crippen molar-refractivity contribution in [3.8, 4) is 0 Å². The molecule has 1 saturated heterocycles. The first-order valence-electron chi connectivity index (χ1n) is 14.3. The average molecular weight is 685 g/mol. The number of halogens is 1. The van der Waals surface area contributed by atoms with Gasteiger partial charge in [0.1, 0.15) is 23.2 Å². The second-order valence-corrected chi connectivity index (χ2v) is 14.7. The van der Waals surface area contributed by atoms with Crippen molar-refractivity contribution in [2.45, 2.75) is 99.9 Å². The van der Waals surface area contributed by atoms with E-state index in [1.807, 2.05) is 6.08 Å². The van der Waals surface area contributed by atoms with E-state index in [4.69, 9.17) is 8.92 Å². The molecule has 0 aromatic heterocycles. The van der Waals surface area contributed by atoms with Gasteiger partial charge in [0, 0.05) is 23.4 Å². The first kappa shape index (κ1) is 32.9. The number of rotatable bonds is 5. The van der Waals surface area contributed by atoms with Gasteiger partial charge in [-0.15, -0.1) is 0 Å². The average Bonchev–Trinajstić information content (AvgIpc) is 3.44. The van der Waals surface area contributed by atoms with E-state index < -0.39 is 69.2 Å². The summed E-state index contributed by atoms with van der Waals surface area (Å²) in [5.41, 5.74) is -2.33. The van der Waals surface area contributed by atoms with Crippen LogP contribution in [0.4, 0.5) is 4.79 Å². The molecule has 3 amide bonds. The van der Waals surface area contributed by atoms with E-state index >= 15 is 0 Å². The lowest BCUT2D eigenvalue weighted by Crippen LogP contribution is -2.56. The molecule has 5 unspecified atom stereocenters. The molecule has 4 rings (SSSR count). The van der Waals surface area contributed by atoms with Crippen LogP contribution in [0.3, 0.4) is 0 Å². The van der Waals surface area contributed by atoms with Crippen molar-refractivity contribution in [2.24, 2.45) is 5.92 Å². The molecule has 14 heteroatoms. The van der Waals surface area contributed by atoms with Crippen molar-refractivity contribution in [3.63, 3.8) is 0 Å². The van der Waals surface area contributed by atoms with Crippen molar-refractivity contribution in [3.05, 3.63) is 40.9 Å². The molecule has 2 fully saturated rings. The van der Waals surface area contributed by atoms with Crippen molar-refractivity contribution < 1.29 is 41.6 Å². The zero-order chi connectivity index (χ0) is 31.6. The summed E-state index contributed by atoms with van der Waals surface area (Å²) in [7, 11) is -4.26. The van der Waals surface area contributed by atoms with E-state index in [0.717, 1.165) is 12.8 Å². The Morgan fingerprint density at radius 2 is 1.84 bits per heavy atom. The number of aliphatic carboxylic acids is 1. The summed E-state index contributed by atoms with van der Waals surface area (Å²) in [6.45, 7) is 4.81. The van der Waals surface area contributed by atoms with Gasteiger partial charge >= 0.3 is 12.1 Å². The minimum absolute atomic E-state index is 0.0992. The third-order valence-corrected chi connectivity index (χ3v) is 9.58. The number of amides is 3. The summed E-state index contributed by atoms with van der Waals surface area (Å²) >= 11 is 3.26. The number of carbonyl (C=O) groups is 4. The van der Waals surface area contributed by atoms with E-state index in [9.17, 15) is 32.7 Å². The number of fused-ring (bicyclic) bond motifs is 2. The molecule has 0 radical (unpaired) electrons. The highest BCUT2D eigenvalue weighted by Crippen LogP contribution is 2.45. The smallest absolute Gasteiger partial charge is 0.408 e. The largest absolute Gasteiger partial charge is 0.479 e. The summed E-state index contributed by atoms with van der Waals surface area (Å²) in [4.78, 5) is 53.6. The summed E-state index contributed by atoms with van der Waals surface area (Å²) in [6, 6.07) is 3.53. The fraction of sp³-hybridized carbons (Fsp3) is 0.586. The molecular formula is C29H38BrN3O9S. The van der Waals surface area contributed by atoms with Crippen LogP contribution in [-0.2, 0) is 33.4 Å². The van der Waals surface area contributed by atoms with Gasteiger partial charge in [-0.3, -0.25) is 13.8 Å². The van der Waals surface area contributed by atoms with Gasteiger partial charge in [0.15, 0.2) is 0 Å². The van der Waals surface area contributed by atoms with Gasteiger partial charge in [0.05, 0.1) is 11.0 Å². The molecule has 5 atom stereocenters. The number of carboxylic acids is 1. The van der Waals surface area contributed by atoms with Crippen LogP contribution in [0.2, 0.25) is 0 Å². The Morgan fingerprint density at radius 1 is 1.14 bits per heavy atom. The maximum absolute atomic E-state index is 14.0. The van der Waals surface area contributed by atoms with Gasteiger partial charge in [-0.2, -0.15) is 8.42 Å². The predicted molar refractivity (Wildman–Crippen MR) is 158 cm³/mol. The number of hydrogen-bond acceptors (Lipinski definition) is 8. The molecule has 12 nitrogen and oxygen atoms in total. The number of benzene rings is 1. The molecule has 3 N–H and O–H groups in total. The van der Waals surface area contributed by atoms with Crippen molar-refractivity contribution >= 4 is 49.9 Å². The maximum Gasteiger partial charge on any atom is 0.408 e. The summed E-state index contributed by atoms with van der Waals surface area (Å²) in [6.07, 6.45) is 4.91. The van der Waals surface area contributed by atoms with Crippen LogP contribution in [0.5, 0.6) is 0 Å². The molecule has 1 aromatic carbocycles. The van der Waals surface area contributed by atoms with Gasteiger partial charge in [0.25, 0.3) is 10.1 Å². The van der Waals surface area contributed by atoms with E-state index in [0.29, 0.717) is 17.3 Å². The number of nitrogens with one attached hydrogen (secondary N) is 2. The molecule has 236 valence electrons. The monoisotopic (exact) mass is 683 g/mol. The summed E-state index contributed by atoms with van der Waals surface area (Å²) in [5, 5.41) is 15.2. The summed E-state index contributed by atoms with van der Waals surface area (Å²) < 4.78 is 37.6. The predicted octanol–water partition coefficient (Wildman–Crippen LogP) is 3.50. The number of alkyl carbamates (subject to hydrolysis) is 1.